The molecular weight excluding hydrogens is 494 g/mol. The molecule has 1 N–H and O–H groups in total. The Morgan fingerprint density at radius 1 is 0.919 bits per heavy atom. The van der Waals surface area contributed by atoms with Crippen molar-refractivity contribution in [2.24, 2.45) is 0 Å². The molecule has 1 aliphatic rings. The average molecular weight is 536 g/mol. The summed E-state index contributed by atoms with van der Waals surface area (Å²) in [5, 5.41) is 12.1. The zero-order valence-electron chi connectivity index (χ0n) is 23.0. The zero-order chi connectivity index (χ0) is 26.8. The molecule has 1 aliphatic heterocycles. The Morgan fingerprint density at radius 3 is 1.97 bits per heavy atom. The van der Waals surface area contributed by atoms with Crippen LogP contribution in [0.15, 0.2) is 78.9 Å². The summed E-state index contributed by atoms with van der Waals surface area (Å²) in [7, 11) is -3.81. The second-order valence-corrected chi connectivity index (χ2v) is 18.4. The van der Waals surface area contributed by atoms with E-state index in [2.05, 4.69) is 97.9 Å². The Kier molecular flexibility index (Phi) is 8.27. The lowest BCUT2D eigenvalue weighted by Crippen LogP contribution is -2.66. The van der Waals surface area contributed by atoms with Crippen LogP contribution in [0.25, 0.3) is 0 Å². The van der Waals surface area contributed by atoms with E-state index in [1.54, 1.807) is 0 Å². The van der Waals surface area contributed by atoms with Gasteiger partial charge in [0.1, 0.15) is 11.0 Å². The van der Waals surface area contributed by atoms with Gasteiger partial charge in [0, 0.05) is 13.2 Å². The van der Waals surface area contributed by atoms with Crippen molar-refractivity contribution < 1.29 is 13.7 Å². The van der Waals surface area contributed by atoms with Crippen LogP contribution in [0, 0.1) is 0 Å². The van der Waals surface area contributed by atoms with E-state index in [4.69, 9.17) is 4.43 Å². The summed E-state index contributed by atoms with van der Waals surface area (Å²) in [4.78, 5) is 0. The molecule has 1 heterocycles. The summed E-state index contributed by atoms with van der Waals surface area (Å²) < 4.78 is 22.6. The molecule has 37 heavy (non-hydrogen) atoms. The van der Waals surface area contributed by atoms with Crippen LogP contribution in [0.1, 0.15) is 70.7 Å². The number of hydrogen-bond acceptors (Lipinski definition) is 3. The lowest BCUT2D eigenvalue weighted by molar-refractivity contribution is 0.244. The van der Waals surface area contributed by atoms with Crippen LogP contribution in [0.3, 0.4) is 0 Å². The predicted octanol–water partition coefficient (Wildman–Crippen LogP) is 5.46. The normalized spacial score (nSPS) is 17.5. The Hall–Kier alpha value is -2.09. The number of aliphatic hydroxyl groups excluding tert-OH is 1. The second kappa shape index (κ2) is 10.9. The number of benzene rings is 3. The van der Waals surface area contributed by atoms with E-state index < -0.39 is 19.3 Å². The maximum absolute atomic E-state index is 13.6. The van der Waals surface area contributed by atoms with Gasteiger partial charge in [0.2, 0.25) is 0 Å². The Morgan fingerprint density at radius 2 is 1.49 bits per heavy atom. The summed E-state index contributed by atoms with van der Waals surface area (Å²) >= 11 is 0. The lowest BCUT2D eigenvalue weighted by Gasteiger charge is -2.43. The average Bonchev–Trinajstić information content (AvgIpc) is 3.23. The van der Waals surface area contributed by atoms with Gasteiger partial charge in [-0.3, -0.25) is 0 Å². The van der Waals surface area contributed by atoms with Crippen molar-refractivity contribution in [2.75, 3.05) is 6.61 Å². The molecule has 0 unspecified atom stereocenters. The summed E-state index contributed by atoms with van der Waals surface area (Å²) in [6, 6.07) is 27.6. The summed E-state index contributed by atoms with van der Waals surface area (Å²) in [6.07, 6.45) is 0.748. The fourth-order valence-electron chi connectivity index (χ4n) is 5.56. The Bertz CT molecular complexity index is 1180. The minimum atomic E-state index is -2.64. The molecule has 4 rings (SSSR count). The highest BCUT2D eigenvalue weighted by molar-refractivity contribution is 7.84. The number of aliphatic hydroxyl groups is 1. The van der Waals surface area contributed by atoms with Crippen LogP contribution in [-0.2, 0) is 28.6 Å². The molecule has 0 amide bonds. The molecule has 2 atom stereocenters. The number of fused-ring (bicyclic) bond motifs is 1. The van der Waals surface area contributed by atoms with E-state index in [-0.39, 0.29) is 22.4 Å². The first-order valence-electron chi connectivity index (χ1n) is 13.2. The van der Waals surface area contributed by atoms with Crippen LogP contribution in [0.4, 0.5) is 0 Å². The molecular formula is C31H41NO3SSi. The quantitative estimate of drug-likeness (QED) is 0.390. The third-order valence-electron chi connectivity index (χ3n) is 7.29. The van der Waals surface area contributed by atoms with E-state index in [1.165, 1.54) is 15.9 Å². The molecule has 3 aromatic rings. The summed E-state index contributed by atoms with van der Waals surface area (Å²) in [5.74, 6) is 0. The van der Waals surface area contributed by atoms with Crippen LogP contribution in [0.2, 0.25) is 5.04 Å². The van der Waals surface area contributed by atoms with E-state index in [0.29, 0.717) is 13.2 Å². The molecule has 0 bridgehead atoms. The van der Waals surface area contributed by atoms with Gasteiger partial charge in [-0.15, -0.1) is 0 Å². The number of hydrogen-bond donors (Lipinski definition) is 1. The first-order chi connectivity index (χ1) is 17.5. The van der Waals surface area contributed by atoms with Gasteiger partial charge >= 0.3 is 0 Å². The van der Waals surface area contributed by atoms with Gasteiger partial charge in [-0.1, -0.05) is 99.6 Å². The molecule has 0 spiro atoms. The predicted molar refractivity (Wildman–Crippen MR) is 157 cm³/mol. The van der Waals surface area contributed by atoms with Crippen molar-refractivity contribution in [3.05, 3.63) is 95.6 Å². The van der Waals surface area contributed by atoms with Gasteiger partial charge in [0.15, 0.2) is 0 Å². The molecule has 6 heteroatoms. The minimum absolute atomic E-state index is 0.000941. The Balaban J connectivity index is 1.70. The van der Waals surface area contributed by atoms with Gasteiger partial charge < -0.3 is 9.53 Å². The summed E-state index contributed by atoms with van der Waals surface area (Å²) in [5.41, 5.74) is 3.24. The molecule has 0 saturated heterocycles. The van der Waals surface area contributed by atoms with E-state index in [1.807, 2.05) is 26.8 Å². The number of rotatable bonds is 8. The van der Waals surface area contributed by atoms with Gasteiger partial charge in [0.05, 0.1) is 17.4 Å². The Labute approximate surface area is 226 Å². The third-order valence-corrected chi connectivity index (χ3v) is 14.2. The van der Waals surface area contributed by atoms with Crippen LogP contribution >= 0.6 is 0 Å². The zero-order valence-corrected chi connectivity index (χ0v) is 24.8. The van der Waals surface area contributed by atoms with Crippen molar-refractivity contribution in [3.63, 3.8) is 0 Å². The van der Waals surface area contributed by atoms with Crippen molar-refractivity contribution in [1.29, 1.82) is 0 Å². The highest BCUT2D eigenvalue weighted by atomic mass is 32.2. The standard InChI is InChI=1S/C31H41NO3SSi/c1-30(2,3)36(34)32-22-25-21-24(23-33)17-18-28(25)29(32)19-20-35-37(31(4,5)6,26-13-9-7-10-14-26)27-15-11-8-12-16-27/h7-18,21,29,33H,19-20,22-23H2,1-6H3/t29-,36-/m1/s1. The van der Waals surface area contributed by atoms with E-state index in [0.717, 1.165) is 17.5 Å². The first kappa shape index (κ1) is 27.9. The summed E-state index contributed by atoms with van der Waals surface area (Å²) in [6.45, 7) is 14.2. The molecule has 0 aliphatic carbocycles. The maximum Gasteiger partial charge on any atom is 0.261 e. The van der Waals surface area contributed by atoms with Gasteiger partial charge in [-0.05, 0) is 59.3 Å². The molecule has 0 radical (unpaired) electrons. The fourth-order valence-corrected chi connectivity index (χ4v) is 11.6. The lowest BCUT2D eigenvalue weighted by atomic mass is 10.0. The van der Waals surface area contributed by atoms with E-state index >= 15 is 0 Å². The largest absolute Gasteiger partial charge is 0.407 e. The van der Waals surface area contributed by atoms with Crippen LogP contribution < -0.4 is 10.4 Å². The second-order valence-electron chi connectivity index (χ2n) is 11.9. The fraction of sp³-hybridized carbons (Fsp3) is 0.419. The molecule has 0 saturated carbocycles. The highest BCUT2D eigenvalue weighted by Gasteiger charge is 2.50. The van der Waals surface area contributed by atoms with Crippen LogP contribution in [-0.4, -0.2) is 33.3 Å². The van der Waals surface area contributed by atoms with Gasteiger partial charge in [-0.2, -0.15) is 0 Å². The molecule has 0 aromatic heterocycles. The monoisotopic (exact) mass is 535 g/mol. The van der Waals surface area contributed by atoms with Crippen molar-refractivity contribution in [2.45, 2.75) is 76.9 Å². The first-order valence-corrected chi connectivity index (χ1v) is 16.2. The topological polar surface area (TPSA) is 49.8 Å². The van der Waals surface area contributed by atoms with Crippen molar-refractivity contribution >= 4 is 29.7 Å². The number of nitrogens with zero attached hydrogens (tertiary/aromatic N) is 1. The van der Waals surface area contributed by atoms with E-state index in [9.17, 15) is 9.32 Å². The minimum Gasteiger partial charge on any atom is -0.407 e. The van der Waals surface area contributed by atoms with Crippen LogP contribution in [0.5, 0.6) is 0 Å². The smallest absolute Gasteiger partial charge is 0.261 e. The molecule has 198 valence electrons. The van der Waals surface area contributed by atoms with Gasteiger partial charge in [-0.25, -0.2) is 8.51 Å². The third kappa shape index (κ3) is 5.54. The maximum atomic E-state index is 13.6. The highest BCUT2D eigenvalue weighted by Crippen LogP contribution is 2.41. The molecule has 3 aromatic carbocycles. The van der Waals surface area contributed by atoms with Crippen molar-refractivity contribution in [3.8, 4) is 0 Å². The van der Waals surface area contributed by atoms with Gasteiger partial charge in [0.25, 0.3) is 8.32 Å². The SMILES string of the molecule is CC(C)(C)[S@@](=O)N1Cc2cc(CO)ccc2[C@H]1CCO[Si](c1ccccc1)(c1ccccc1)C(C)(C)C. The van der Waals surface area contributed by atoms with Crippen molar-refractivity contribution in [1.82, 2.24) is 4.31 Å². The molecule has 0 fully saturated rings. The molecule has 4 nitrogen and oxygen atoms in total.